The zero-order valence-corrected chi connectivity index (χ0v) is 15.2. The van der Waals surface area contributed by atoms with E-state index >= 15 is 0 Å². The minimum atomic E-state index is -1.52. The van der Waals surface area contributed by atoms with Gasteiger partial charge in [-0.2, -0.15) is 0 Å². The molecule has 0 unspecified atom stereocenters. The molecule has 0 saturated heterocycles. The normalized spacial score (nSPS) is 18.4. The minimum Gasteiger partial charge on any atom is -0.480 e. The number of anilines is 1. The second-order valence-electron chi connectivity index (χ2n) is 5.09. The Morgan fingerprint density at radius 3 is 2.67 bits per heavy atom. The lowest BCUT2D eigenvalue weighted by molar-refractivity contribution is -0.141. The number of oxime groups is 1. The number of amides is 1. The average Bonchev–Trinajstić information content (AvgIpc) is 3.05. The molecule has 0 aromatic carbocycles. The van der Waals surface area contributed by atoms with Crippen LogP contribution in [0.15, 0.2) is 34.5 Å². The number of carbonyl (C=O) groups excluding carboxylic acids is 1. The van der Waals surface area contributed by atoms with Crippen LogP contribution in [0.4, 0.5) is 5.13 Å². The van der Waals surface area contributed by atoms with Crippen molar-refractivity contribution in [1.82, 2.24) is 15.6 Å². The number of thiazole rings is 1. The first kappa shape index (κ1) is 20.3. The maximum atomic E-state index is 12.4. The molecule has 2 atom stereocenters. The number of thioether (sulfide) groups is 1. The number of aromatic nitrogens is 1. The Labute approximate surface area is 160 Å². The maximum Gasteiger partial charge on any atom is 0.352 e. The molecule has 1 aliphatic rings. The molecule has 0 fully saturated rings. The summed E-state index contributed by atoms with van der Waals surface area (Å²) >= 11 is 2.09. The summed E-state index contributed by atoms with van der Waals surface area (Å²) in [5.74, 6) is -3.50. The fourth-order valence-corrected chi connectivity index (χ4v) is 3.90. The zero-order valence-electron chi connectivity index (χ0n) is 13.6. The molecule has 11 nitrogen and oxygen atoms in total. The maximum absolute atomic E-state index is 12.4. The van der Waals surface area contributed by atoms with E-state index in [9.17, 15) is 24.6 Å². The Morgan fingerprint density at radius 1 is 1.48 bits per heavy atom. The molecule has 0 spiro atoms. The van der Waals surface area contributed by atoms with Gasteiger partial charge in [0.25, 0.3) is 5.91 Å². The predicted molar refractivity (Wildman–Crippen MR) is 98.7 cm³/mol. The number of aliphatic carboxylic acids is 2. The lowest BCUT2D eigenvalue weighted by Crippen LogP contribution is -2.55. The third kappa shape index (κ3) is 4.57. The smallest absolute Gasteiger partial charge is 0.352 e. The van der Waals surface area contributed by atoms with Crippen LogP contribution in [0.2, 0.25) is 0 Å². The second kappa shape index (κ2) is 8.55. The van der Waals surface area contributed by atoms with E-state index in [1.807, 2.05) is 0 Å². The van der Waals surface area contributed by atoms with Gasteiger partial charge in [-0.25, -0.2) is 14.6 Å². The van der Waals surface area contributed by atoms with E-state index in [4.69, 9.17) is 10.9 Å². The highest BCUT2D eigenvalue weighted by molar-refractivity contribution is 8.00. The highest BCUT2D eigenvalue weighted by atomic mass is 32.2. The number of rotatable bonds is 7. The number of carboxylic acid groups (broad SMARTS) is 2. The SMILES string of the molecule is C=CC1=C(C(=O)O)N[C@@H]([C@H](NC(=O)/C(=N\O)c2csc(N)n2)C(=O)O)SC1. The number of allylic oxidation sites excluding steroid dienone is 1. The van der Waals surface area contributed by atoms with Crippen LogP contribution in [-0.2, 0) is 14.4 Å². The summed E-state index contributed by atoms with van der Waals surface area (Å²) in [4.78, 5) is 39.1. The Bertz CT molecular complexity index is 849. The second-order valence-corrected chi connectivity index (χ2v) is 7.11. The molecule has 0 radical (unpaired) electrons. The predicted octanol–water partition coefficient (Wildman–Crippen LogP) is -0.340. The quantitative estimate of drug-likeness (QED) is 0.196. The van der Waals surface area contributed by atoms with E-state index < -0.39 is 35.0 Å². The van der Waals surface area contributed by atoms with E-state index in [0.717, 1.165) is 23.1 Å². The molecule has 2 rings (SSSR count). The summed E-state index contributed by atoms with van der Waals surface area (Å²) in [6, 6.07) is -1.52. The van der Waals surface area contributed by atoms with Crippen LogP contribution in [0.5, 0.6) is 0 Å². The van der Waals surface area contributed by atoms with Gasteiger partial charge in [-0.05, 0) is 5.57 Å². The van der Waals surface area contributed by atoms with Crippen LogP contribution in [0, 0.1) is 0 Å². The van der Waals surface area contributed by atoms with Crippen molar-refractivity contribution in [2.24, 2.45) is 5.16 Å². The van der Waals surface area contributed by atoms with Crippen LogP contribution in [0.1, 0.15) is 5.69 Å². The number of nitrogen functional groups attached to an aromatic ring is 1. The van der Waals surface area contributed by atoms with Crippen molar-refractivity contribution >= 4 is 51.8 Å². The summed E-state index contributed by atoms with van der Waals surface area (Å²) < 4.78 is 0. The summed E-state index contributed by atoms with van der Waals surface area (Å²) in [7, 11) is 0. The molecule has 13 heteroatoms. The topological polar surface area (TPSA) is 187 Å². The Balaban J connectivity index is 2.22. The number of carbonyl (C=O) groups is 3. The van der Waals surface area contributed by atoms with Gasteiger partial charge in [-0.1, -0.05) is 17.8 Å². The summed E-state index contributed by atoms with van der Waals surface area (Å²) in [5.41, 5.74) is 5.13. The Kier molecular flexibility index (Phi) is 6.41. The molecular weight excluding hydrogens is 398 g/mol. The lowest BCUT2D eigenvalue weighted by Gasteiger charge is -2.30. The molecule has 0 aliphatic carbocycles. The largest absolute Gasteiger partial charge is 0.480 e. The van der Waals surface area contributed by atoms with Crippen molar-refractivity contribution in [3.8, 4) is 0 Å². The van der Waals surface area contributed by atoms with Gasteiger partial charge in [-0.3, -0.25) is 4.79 Å². The number of nitrogens with zero attached hydrogens (tertiary/aromatic N) is 2. The standard InChI is InChI=1S/C14H15N5O6S2/c1-2-5-3-26-11(18-7(5)12(21)22)9(13(23)24)17-10(20)8(19-25)6-4-27-14(15)16-6/h2,4,9,11,18,25H,1,3H2,(H2,15,16)(H,17,20)(H,21,22)(H,23,24)/b19-8-/t9-,11+/m0/s1. The van der Waals surface area contributed by atoms with Gasteiger partial charge in [0, 0.05) is 11.1 Å². The van der Waals surface area contributed by atoms with Crippen LogP contribution >= 0.6 is 23.1 Å². The van der Waals surface area contributed by atoms with Gasteiger partial charge in [-0.15, -0.1) is 23.1 Å². The summed E-state index contributed by atoms with van der Waals surface area (Å²) in [6.07, 6.45) is 1.36. The number of hydrogen-bond acceptors (Lipinski definition) is 10. The molecule has 27 heavy (non-hydrogen) atoms. The fraction of sp³-hybridized carbons (Fsp3) is 0.214. The average molecular weight is 413 g/mol. The van der Waals surface area contributed by atoms with E-state index in [2.05, 4.69) is 27.4 Å². The molecule has 1 aliphatic heterocycles. The number of nitrogens with two attached hydrogens (primary N) is 1. The first-order valence-corrected chi connectivity index (χ1v) is 9.15. The Hall–Kier alpha value is -3.06. The van der Waals surface area contributed by atoms with Crippen molar-refractivity contribution < 1.29 is 29.8 Å². The third-order valence-electron chi connectivity index (χ3n) is 3.42. The van der Waals surface area contributed by atoms with Gasteiger partial charge in [0.2, 0.25) is 0 Å². The number of nitrogens with one attached hydrogen (secondary N) is 2. The minimum absolute atomic E-state index is 0.0223. The van der Waals surface area contributed by atoms with Crippen LogP contribution in [-0.4, -0.2) is 61.1 Å². The lowest BCUT2D eigenvalue weighted by atomic mass is 10.2. The van der Waals surface area contributed by atoms with Crippen molar-refractivity contribution in [3.05, 3.63) is 35.0 Å². The van der Waals surface area contributed by atoms with Crippen molar-refractivity contribution in [1.29, 1.82) is 0 Å². The first-order valence-electron chi connectivity index (χ1n) is 7.22. The zero-order chi connectivity index (χ0) is 20.1. The van der Waals surface area contributed by atoms with Crippen LogP contribution in [0.3, 0.4) is 0 Å². The van der Waals surface area contributed by atoms with E-state index in [-0.39, 0.29) is 22.3 Å². The van der Waals surface area contributed by atoms with Gasteiger partial charge >= 0.3 is 11.9 Å². The van der Waals surface area contributed by atoms with Crippen LogP contribution in [0.25, 0.3) is 0 Å². The molecule has 7 N–H and O–H groups in total. The van der Waals surface area contributed by atoms with E-state index in [0.29, 0.717) is 5.57 Å². The van der Waals surface area contributed by atoms with Crippen molar-refractivity contribution in [2.75, 3.05) is 11.5 Å². The molecule has 2 heterocycles. The summed E-state index contributed by atoms with van der Waals surface area (Å²) in [5, 5.41) is 36.0. The molecule has 144 valence electrons. The molecule has 1 amide bonds. The van der Waals surface area contributed by atoms with Crippen molar-refractivity contribution in [2.45, 2.75) is 11.4 Å². The molecule has 0 bridgehead atoms. The van der Waals surface area contributed by atoms with Gasteiger partial charge in [0.1, 0.15) is 16.8 Å². The van der Waals surface area contributed by atoms with Gasteiger partial charge < -0.3 is 31.8 Å². The van der Waals surface area contributed by atoms with Crippen molar-refractivity contribution in [3.63, 3.8) is 0 Å². The van der Waals surface area contributed by atoms with Gasteiger partial charge in [0.15, 0.2) is 16.9 Å². The molecule has 1 aromatic rings. The summed E-state index contributed by atoms with van der Waals surface area (Å²) in [6.45, 7) is 3.52. The highest BCUT2D eigenvalue weighted by Crippen LogP contribution is 2.25. The van der Waals surface area contributed by atoms with E-state index in [1.165, 1.54) is 11.5 Å². The van der Waals surface area contributed by atoms with Crippen LogP contribution < -0.4 is 16.4 Å². The van der Waals surface area contributed by atoms with Gasteiger partial charge in [0.05, 0.1) is 0 Å². The molecule has 1 aromatic heterocycles. The number of carboxylic acids is 2. The fourth-order valence-electron chi connectivity index (χ4n) is 2.15. The monoisotopic (exact) mass is 413 g/mol. The molecular formula is C14H15N5O6S2. The third-order valence-corrected chi connectivity index (χ3v) is 5.32. The van der Waals surface area contributed by atoms with E-state index in [1.54, 1.807) is 0 Å². The number of hydrogen-bond donors (Lipinski definition) is 6. The highest BCUT2D eigenvalue weighted by Gasteiger charge is 2.36. The Morgan fingerprint density at radius 2 is 2.19 bits per heavy atom. The molecule has 0 saturated carbocycles. The first-order chi connectivity index (χ1) is 12.8.